The van der Waals surface area contributed by atoms with E-state index in [0.717, 1.165) is 22.1 Å². The standard InChI is InChI=1S/C11H13N3OS/c1-8-2-3-10(5-13-8)15-6-9-7-16-11(4-12)14-9/h2-3,5,7H,4,6,12H2,1H3. The molecule has 0 aromatic carbocycles. The smallest absolute Gasteiger partial charge is 0.138 e. The predicted octanol–water partition coefficient (Wildman–Crippen LogP) is 1.88. The number of aromatic nitrogens is 2. The monoisotopic (exact) mass is 235 g/mol. The van der Waals surface area contributed by atoms with E-state index in [2.05, 4.69) is 9.97 Å². The van der Waals surface area contributed by atoms with Gasteiger partial charge in [0.15, 0.2) is 0 Å². The Balaban J connectivity index is 1.94. The summed E-state index contributed by atoms with van der Waals surface area (Å²) in [6, 6.07) is 3.82. The van der Waals surface area contributed by atoms with E-state index in [-0.39, 0.29) is 0 Å². The third kappa shape index (κ3) is 2.77. The molecule has 0 atom stereocenters. The second-order valence-corrected chi connectivity index (χ2v) is 4.30. The molecule has 84 valence electrons. The summed E-state index contributed by atoms with van der Waals surface area (Å²) in [4.78, 5) is 8.46. The number of pyridine rings is 1. The molecule has 0 bridgehead atoms. The van der Waals surface area contributed by atoms with Crippen molar-refractivity contribution >= 4 is 11.3 Å². The van der Waals surface area contributed by atoms with Crippen LogP contribution in [0.4, 0.5) is 0 Å². The summed E-state index contributed by atoms with van der Waals surface area (Å²) in [6.45, 7) is 2.88. The summed E-state index contributed by atoms with van der Waals surface area (Å²) >= 11 is 1.56. The molecular formula is C11H13N3OS. The SMILES string of the molecule is Cc1ccc(OCc2csc(CN)n2)cn1. The van der Waals surface area contributed by atoms with Gasteiger partial charge in [0.2, 0.25) is 0 Å². The molecule has 2 aromatic heterocycles. The number of nitrogens with two attached hydrogens (primary N) is 1. The fourth-order valence-electron chi connectivity index (χ4n) is 1.21. The molecule has 0 fully saturated rings. The molecule has 2 aromatic rings. The molecule has 2 rings (SSSR count). The molecule has 0 spiro atoms. The summed E-state index contributed by atoms with van der Waals surface area (Å²) in [5.74, 6) is 0.757. The molecule has 2 N–H and O–H groups in total. The van der Waals surface area contributed by atoms with E-state index in [4.69, 9.17) is 10.5 Å². The summed E-state index contributed by atoms with van der Waals surface area (Å²) < 4.78 is 5.55. The van der Waals surface area contributed by atoms with Crippen LogP contribution in [0.5, 0.6) is 5.75 Å². The first-order valence-corrected chi connectivity index (χ1v) is 5.84. The highest BCUT2D eigenvalue weighted by Crippen LogP contribution is 2.13. The van der Waals surface area contributed by atoms with Crippen molar-refractivity contribution in [2.24, 2.45) is 5.73 Å². The van der Waals surface area contributed by atoms with Gasteiger partial charge in [0, 0.05) is 17.6 Å². The zero-order chi connectivity index (χ0) is 11.4. The quantitative estimate of drug-likeness (QED) is 0.879. The molecular weight excluding hydrogens is 222 g/mol. The van der Waals surface area contributed by atoms with Gasteiger partial charge in [0.05, 0.1) is 11.9 Å². The van der Waals surface area contributed by atoms with E-state index in [1.54, 1.807) is 17.5 Å². The Morgan fingerprint density at radius 3 is 2.94 bits per heavy atom. The van der Waals surface area contributed by atoms with Crippen molar-refractivity contribution in [3.63, 3.8) is 0 Å². The van der Waals surface area contributed by atoms with Crippen LogP contribution in [0.1, 0.15) is 16.4 Å². The lowest BCUT2D eigenvalue weighted by atomic mass is 10.4. The van der Waals surface area contributed by atoms with Gasteiger partial charge in [-0.1, -0.05) is 0 Å². The zero-order valence-corrected chi connectivity index (χ0v) is 9.83. The lowest BCUT2D eigenvalue weighted by Crippen LogP contribution is -1.99. The molecule has 4 nitrogen and oxygen atoms in total. The van der Waals surface area contributed by atoms with Crippen LogP contribution in [0.25, 0.3) is 0 Å². The summed E-state index contributed by atoms with van der Waals surface area (Å²) in [7, 11) is 0. The van der Waals surface area contributed by atoms with Crippen LogP contribution in [0.2, 0.25) is 0 Å². The van der Waals surface area contributed by atoms with Crippen molar-refractivity contribution in [2.75, 3.05) is 0 Å². The van der Waals surface area contributed by atoms with Gasteiger partial charge in [0.1, 0.15) is 17.4 Å². The molecule has 2 heterocycles. The van der Waals surface area contributed by atoms with Gasteiger partial charge in [-0.2, -0.15) is 0 Å². The van der Waals surface area contributed by atoms with Crippen LogP contribution in [-0.2, 0) is 13.2 Å². The Morgan fingerprint density at radius 1 is 1.44 bits per heavy atom. The minimum absolute atomic E-state index is 0.460. The van der Waals surface area contributed by atoms with Crippen molar-refractivity contribution in [1.29, 1.82) is 0 Å². The average molecular weight is 235 g/mol. The molecule has 16 heavy (non-hydrogen) atoms. The zero-order valence-electron chi connectivity index (χ0n) is 9.01. The normalized spacial score (nSPS) is 10.4. The second kappa shape index (κ2) is 5.05. The van der Waals surface area contributed by atoms with Gasteiger partial charge < -0.3 is 10.5 Å². The van der Waals surface area contributed by atoms with Gasteiger partial charge >= 0.3 is 0 Å². The van der Waals surface area contributed by atoms with Crippen LogP contribution in [0.3, 0.4) is 0 Å². The lowest BCUT2D eigenvalue weighted by molar-refractivity contribution is 0.300. The number of rotatable bonds is 4. The van der Waals surface area contributed by atoms with Crippen molar-refractivity contribution in [1.82, 2.24) is 9.97 Å². The summed E-state index contributed by atoms with van der Waals surface area (Å²) in [5, 5.41) is 2.89. The van der Waals surface area contributed by atoms with E-state index in [1.165, 1.54) is 0 Å². The number of ether oxygens (including phenoxy) is 1. The van der Waals surface area contributed by atoms with E-state index < -0.39 is 0 Å². The highest BCUT2D eigenvalue weighted by molar-refractivity contribution is 7.09. The summed E-state index contributed by atoms with van der Waals surface area (Å²) in [5.41, 5.74) is 7.37. The molecule has 0 aliphatic carbocycles. The van der Waals surface area contributed by atoms with Gasteiger partial charge in [0.25, 0.3) is 0 Å². The maximum atomic E-state index is 5.55. The molecule has 0 saturated heterocycles. The molecule has 0 saturated carbocycles. The molecule has 0 aliphatic rings. The fourth-order valence-corrected chi connectivity index (χ4v) is 1.86. The first-order chi connectivity index (χ1) is 7.78. The maximum absolute atomic E-state index is 5.55. The van der Waals surface area contributed by atoms with Crippen LogP contribution >= 0.6 is 11.3 Å². The Bertz CT molecular complexity index is 453. The van der Waals surface area contributed by atoms with E-state index in [9.17, 15) is 0 Å². The van der Waals surface area contributed by atoms with Crippen molar-refractivity contribution in [2.45, 2.75) is 20.1 Å². The molecule has 0 unspecified atom stereocenters. The number of hydrogen-bond donors (Lipinski definition) is 1. The van der Waals surface area contributed by atoms with Crippen molar-refractivity contribution in [3.05, 3.63) is 40.1 Å². The number of aryl methyl sites for hydroxylation is 1. The molecule has 0 aliphatic heterocycles. The van der Waals surface area contributed by atoms with E-state index in [0.29, 0.717) is 13.2 Å². The van der Waals surface area contributed by atoms with Gasteiger partial charge in [-0.3, -0.25) is 4.98 Å². The van der Waals surface area contributed by atoms with E-state index >= 15 is 0 Å². The number of thiazole rings is 1. The first-order valence-electron chi connectivity index (χ1n) is 4.97. The third-order valence-corrected chi connectivity index (χ3v) is 2.96. The Kier molecular flexibility index (Phi) is 3.48. The van der Waals surface area contributed by atoms with Crippen LogP contribution in [-0.4, -0.2) is 9.97 Å². The van der Waals surface area contributed by atoms with Crippen LogP contribution in [0, 0.1) is 6.92 Å². The Labute approximate surface area is 98.1 Å². The van der Waals surface area contributed by atoms with Gasteiger partial charge in [-0.05, 0) is 19.1 Å². The van der Waals surface area contributed by atoms with Gasteiger partial charge in [-0.15, -0.1) is 11.3 Å². The highest BCUT2D eigenvalue weighted by Gasteiger charge is 2.01. The predicted molar refractivity (Wildman–Crippen MR) is 63.3 cm³/mol. The Morgan fingerprint density at radius 2 is 2.31 bits per heavy atom. The van der Waals surface area contributed by atoms with Crippen LogP contribution < -0.4 is 10.5 Å². The van der Waals surface area contributed by atoms with E-state index in [1.807, 2.05) is 24.4 Å². The minimum Gasteiger partial charge on any atom is -0.486 e. The second-order valence-electron chi connectivity index (χ2n) is 3.36. The molecule has 0 radical (unpaired) electrons. The Hall–Kier alpha value is -1.46. The van der Waals surface area contributed by atoms with Crippen molar-refractivity contribution in [3.8, 4) is 5.75 Å². The first kappa shape index (κ1) is 11.0. The highest BCUT2D eigenvalue weighted by atomic mass is 32.1. The fraction of sp³-hybridized carbons (Fsp3) is 0.273. The average Bonchev–Trinajstić information content (AvgIpc) is 2.76. The number of hydrogen-bond acceptors (Lipinski definition) is 5. The lowest BCUT2D eigenvalue weighted by Gasteiger charge is -2.03. The van der Waals surface area contributed by atoms with Crippen molar-refractivity contribution < 1.29 is 4.74 Å². The topological polar surface area (TPSA) is 61.0 Å². The molecule has 0 amide bonds. The number of nitrogens with zero attached hydrogens (tertiary/aromatic N) is 2. The maximum Gasteiger partial charge on any atom is 0.138 e. The molecule has 5 heteroatoms. The largest absolute Gasteiger partial charge is 0.486 e. The minimum atomic E-state index is 0.460. The van der Waals surface area contributed by atoms with Gasteiger partial charge in [-0.25, -0.2) is 4.98 Å². The third-order valence-electron chi connectivity index (χ3n) is 2.04. The van der Waals surface area contributed by atoms with Crippen LogP contribution in [0.15, 0.2) is 23.7 Å². The summed E-state index contributed by atoms with van der Waals surface area (Å²) in [6.07, 6.45) is 1.71.